The summed E-state index contributed by atoms with van der Waals surface area (Å²) in [6, 6.07) is 66.6. The molecule has 214 valence electrons. The van der Waals surface area contributed by atoms with Gasteiger partial charge < -0.3 is 0 Å². The Kier molecular flexibility index (Phi) is 6.25. The molecule has 0 aliphatic carbocycles. The van der Waals surface area contributed by atoms with Crippen LogP contribution in [-0.4, -0.2) is 0 Å². The summed E-state index contributed by atoms with van der Waals surface area (Å²) in [5.41, 5.74) is 9.94. The Morgan fingerprint density at radius 1 is 0.217 bits per heavy atom. The minimum Gasteiger partial charge on any atom is -0.0622 e. The highest BCUT2D eigenvalue weighted by atomic mass is 14.2. The first-order chi connectivity index (χ1) is 22.8. The van der Waals surface area contributed by atoms with Gasteiger partial charge in [0.15, 0.2) is 0 Å². The van der Waals surface area contributed by atoms with Crippen molar-refractivity contribution in [2.24, 2.45) is 0 Å². The molecule has 0 saturated heterocycles. The Bertz CT molecular complexity index is 2570. The third kappa shape index (κ3) is 4.38. The fourth-order valence-corrected chi connectivity index (χ4v) is 7.27. The Morgan fingerprint density at radius 2 is 0.761 bits per heavy atom. The third-order valence-corrected chi connectivity index (χ3v) is 9.42. The lowest BCUT2D eigenvalue weighted by molar-refractivity contribution is 1.62. The zero-order chi connectivity index (χ0) is 30.5. The molecule has 0 amide bonds. The smallest absolute Gasteiger partial charge is 0.00259 e. The molecule has 9 rings (SSSR count). The van der Waals surface area contributed by atoms with Crippen LogP contribution in [0.2, 0.25) is 0 Å². The van der Waals surface area contributed by atoms with E-state index in [0.29, 0.717) is 0 Å². The maximum atomic E-state index is 2.42. The van der Waals surface area contributed by atoms with Gasteiger partial charge >= 0.3 is 0 Å². The highest BCUT2D eigenvalue weighted by Gasteiger charge is 2.18. The van der Waals surface area contributed by atoms with E-state index >= 15 is 0 Å². The topological polar surface area (TPSA) is 0 Å². The number of hydrogen-bond donors (Lipinski definition) is 0. The molecule has 0 heteroatoms. The standard InChI is InChI=1S/C46H30/c1-2-14-33(15-3-1)45-41-21-8-9-22-42(41)46(38-19-10-18-35(29-38)36-25-24-31-12-4-5-16-34(31)28-36)44-30-37(26-27-43(44)45)40-23-11-17-32-13-6-7-20-39(32)40/h1-30H. The molecule has 0 aliphatic heterocycles. The van der Waals surface area contributed by atoms with Gasteiger partial charge in [-0.3, -0.25) is 0 Å². The van der Waals surface area contributed by atoms with E-state index in [1.165, 1.54) is 87.6 Å². The first kappa shape index (κ1) is 26.4. The summed E-state index contributed by atoms with van der Waals surface area (Å²) in [6.07, 6.45) is 0. The van der Waals surface area contributed by atoms with Crippen LogP contribution in [0.15, 0.2) is 182 Å². The number of benzene rings is 9. The highest BCUT2D eigenvalue weighted by Crippen LogP contribution is 2.45. The molecule has 0 spiro atoms. The Labute approximate surface area is 268 Å². The van der Waals surface area contributed by atoms with Crippen molar-refractivity contribution in [1.82, 2.24) is 0 Å². The second-order valence-corrected chi connectivity index (χ2v) is 12.1. The van der Waals surface area contributed by atoms with Gasteiger partial charge in [-0.15, -0.1) is 0 Å². The number of rotatable bonds is 4. The average molecular weight is 583 g/mol. The quantitative estimate of drug-likeness (QED) is 0.181. The van der Waals surface area contributed by atoms with Gasteiger partial charge in [-0.05, 0) is 106 Å². The molecule has 0 radical (unpaired) electrons. The van der Waals surface area contributed by atoms with Crippen LogP contribution in [0.3, 0.4) is 0 Å². The predicted octanol–water partition coefficient (Wildman–Crippen LogP) is 13.0. The molecule has 0 fully saturated rings. The van der Waals surface area contributed by atoms with Crippen LogP contribution >= 0.6 is 0 Å². The van der Waals surface area contributed by atoms with E-state index in [-0.39, 0.29) is 0 Å². The van der Waals surface area contributed by atoms with Gasteiger partial charge in [0.2, 0.25) is 0 Å². The van der Waals surface area contributed by atoms with Crippen LogP contribution in [-0.2, 0) is 0 Å². The summed E-state index contributed by atoms with van der Waals surface area (Å²) in [7, 11) is 0. The zero-order valence-corrected chi connectivity index (χ0v) is 25.3. The summed E-state index contributed by atoms with van der Waals surface area (Å²) >= 11 is 0. The van der Waals surface area contributed by atoms with E-state index in [9.17, 15) is 0 Å². The minimum atomic E-state index is 1.22. The molecule has 0 heterocycles. The van der Waals surface area contributed by atoms with Crippen LogP contribution in [0.1, 0.15) is 0 Å². The van der Waals surface area contributed by atoms with Crippen LogP contribution in [0.25, 0.3) is 87.6 Å². The molecule has 46 heavy (non-hydrogen) atoms. The molecule has 0 saturated carbocycles. The summed E-state index contributed by atoms with van der Waals surface area (Å²) in [5.74, 6) is 0. The third-order valence-electron chi connectivity index (χ3n) is 9.42. The summed E-state index contributed by atoms with van der Waals surface area (Å²) in [4.78, 5) is 0. The van der Waals surface area contributed by atoms with Crippen molar-refractivity contribution < 1.29 is 0 Å². The van der Waals surface area contributed by atoms with E-state index in [1.807, 2.05) is 0 Å². The number of hydrogen-bond acceptors (Lipinski definition) is 0. The van der Waals surface area contributed by atoms with Crippen LogP contribution in [0, 0.1) is 0 Å². The first-order valence-electron chi connectivity index (χ1n) is 15.9. The summed E-state index contributed by atoms with van der Waals surface area (Å²) in [6.45, 7) is 0. The maximum absolute atomic E-state index is 2.42. The second kappa shape index (κ2) is 10.9. The van der Waals surface area contributed by atoms with Gasteiger partial charge in [0.05, 0.1) is 0 Å². The van der Waals surface area contributed by atoms with Crippen LogP contribution in [0.4, 0.5) is 0 Å². The van der Waals surface area contributed by atoms with Crippen molar-refractivity contribution >= 4 is 43.1 Å². The van der Waals surface area contributed by atoms with Gasteiger partial charge in [0, 0.05) is 0 Å². The van der Waals surface area contributed by atoms with E-state index in [0.717, 1.165) is 0 Å². The SMILES string of the molecule is c1ccc(-c2c3ccccc3c(-c3cccc(-c4ccc5ccccc5c4)c3)c3cc(-c4cccc5ccccc45)ccc23)cc1. The van der Waals surface area contributed by atoms with Gasteiger partial charge in [0.25, 0.3) is 0 Å². The van der Waals surface area contributed by atoms with Gasteiger partial charge in [-0.1, -0.05) is 164 Å². The maximum Gasteiger partial charge on any atom is -0.00259 e. The van der Waals surface area contributed by atoms with Crippen molar-refractivity contribution in [3.63, 3.8) is 0 Å². The molecule has 9 aromatic carbocycles. The van der Waals surface area contributed by atoms with Crippen LogP contribution < -0.4 is 0 Å². The molecule has 0 N–H and O–H groups in total. The Balaban J connectivity index is 1.36. The van der Waals surface area contributed by atoms with Gasteiger partial charge in [0.1, 0.15) is 0 Å². The van der Waals surface area contributed by atoms with Gasteiger partial charge in [-0.25, -0.2) is 0 Å². The second-order valence-electron chi connectivity index (χ2n) is 12.1. The summed E-state index contributed by atoms with van der Waals surface area (Å²) in [5, 5.41) is 10.1. The lowest BCUT2D eigenvalue weighted by Gasteiger charge is -2.19. The largest absolute Gasteiger partial charge is 0.0622 e. The lowest BCUT2D eigenvalue weighted by Crippen LogP contribution is -1.92. The average Bonchev–Trinajstić information content (AvgIpc) is 3.13. The van der Waals surface area contributed by atoms with Crippen molar-refractivity contribution in [3.05, 3.63) is 182 Å². The van der Waals surface area contributed by atoms with E-state index in [2.05, 4.69) is 182 Å². The van der Waals surface area contributed by atoms with Crippen molar-refractivity contribution in [1.29, 1.82) is 0 Å². The van der Waals surface area contributed by atoms with Crippen molar-refractivity contribution in [3.8, 4) is 44.5 Å². The van der Waals surface area contributed by atoms with E-state index < -0.39 is 0 Å². The predicted molar refractivity (Wildman–Crippen MR) is 198 cm³/mol. The molecular formula is C46H30. The molecule has 0 atom stereocenters. The van der Waals surface area contributed by atoms with E-state index in [4.69, 9.17) is 0 Å². The molecule has 0 bridgehead atoms. The molecule has 0 aliphatic rings. The zero-order valence-electron chi connectivity index (χ0n) is 25.3. The minimum absolute atomic E-state index is 1.22. The number of fused-ring (bicyclic) bond motifs is 4. The van der Waals surface area contributed by atoms with Gasteiger partial charge in [-0.2, -0.15) is 0 Å². The Morgan fingerprint density at radius 3 is 1.59 bits per heavy atom. The first-order valence-corrected chi connectivity index (χ1v) is 15.9. The van der Waals surface area contributed by atoms with Crippen LogP contribution in [0.5, 0.6) is 0 Å². The monoisotopic (exact) mass is 582 g/mol. The summed E-state index contributed by atoms with van der Waals surface area (Å²) < 4.78 is 0. The normalized spacial score (nSPS) is 11.5. The fraction of sp³-hybridized carbons (Fsp3) is 0. The molecule has 9 aromatic rings. The molecule has 0 unspecified atom stereocenters. The van der Waals surface area contributed by atoms with Crippen molar-refractivity contribution in [2.75, 3.05) is 0 Å². The molecular weight excluding hydrogens is 553 g/mol. The molecule has 0 nitrogen and oxygen atoms in total. The van der Waals surface area contributed by atoms with Crippen molar-refractivity contribution in [2.45, 2.75) is 0 Å². The lowest BCUT2D eigenvalue weighted by atomic mass is 9.84. The molecule has 0 aromatic heterocycles. The highest BCUT2D eigenvalue weighted by molar-refractivity contribution is 6.22. The Hall–Kier alpha value is -5.98. The fourth-order valence-electron chi connectivity index (χ4n) is 7.27. The van der Waals surface area contributed by atoms with E-state index in [1.54, 1.807) is 0 Å².